The molecular formula is C21H18F2N4. The minimum Gasteiger partial charge on any atom is -0.360 e. The second kappa shape index (κ2) is 7.20. The van der Waals surface area contributed by atoms with Crippen LogP contribution in [0.25, 0.3) is 0 Å². The topological polar surface area (TPSA) is 44.9 Å². The summed E-state index contributed by atoms with van der Waals surface area (Å²) in [6, 6.07) is 14.2. The Balaban J connectivity index is 1.52. The lowest BCUT2D eigenvalue weighted by atomic mass is 10.1. The standard InChI is InChI=1S/C21H18F2N4/c22-17-10-16(12-24)11-18(23)21(17)26-9-7-20-19(13-26)25-14-27(20)8-6-15-4-2-1-3-5-15/h1-5,10-11,14H,6-9,13H2. The maximum atomic E-state index is 14.3. The average molecular weight is 364 g/mol. The van der Waals surface area contributed by atoms with E-state index in [4.69, 9.17) is 5.26 Å². The van der Waals surface area contributed by atoms with Crippen LogP contribution in [-0.4, -0.2) is 16.1 Å². The zero-order valence-corrected chi connectivity index (χ0v) is 14.7. The number of nitrogens with zero attached hydrogens (tertiary/aromatic N) is 4. The third-order valence-corrected chi connectivity index (χ3v) is 4.94. The van der Waals surface area contributed by atoms with Gasteiger partial charge >= 0.3 is 0 Å². The van der Waals surface area contributed by atoms with E-state index in [1.807, 2.05) is 24.5 Å². The Morgan fingerprint density at radius 2 is 1.85 bits per heavy atom. The van der Waals surface area contributed by atoms with Gasteiger partial charge in [-0.15, -0.1) is 0 Å². The molecule has 1 aliphatic heterocycles. The van der Waals surface area contributed by atoms with Gasteiger partial charge in [0, 0.05) is 25.2 Å². The number of rotatable bonds is 4. The molecule has 0 amide bonds. The molecule has 0 unspecified atom stereocenters. The van der Waals surface area contributed by atoms with Crippen LogP contribution in [0.1, 0.15) is 22.5 Å². The molecule has 0 N–H and O–H groups in total. The van der Waals surface area contributed by atoms with Crippen molar-refractivity contribution in [3.63, 3.8) is 0 Å². The number of hydrogen-bond donors (Lipinski definition) is 0. The van der Waals surface area contributed by atoms with Gasteiger partial charge in [-0.1, -0.05) is 30.3 Å². The fraction of sp³-hybridized carbons (Fsp3) is 0.238. The summed E-state index contributed by atoms with van der Waals surface area (Å²) in [4.78, 5) is 6.12. The summed E-state index contributed by atoms with van der Waals surface area (Å²) < 4.78 is 30.8. The first kappa shape index (κ1) is 17.2. The van der Waals surface area contributed by atoms with Crippen LogP contribution >= 0.6 is 0 Å². The van der Waals surface area contributed by atoms with Crippen LogP contribution in [0.3, 0.4) is 0 Å². The number of hydrogen-bond acceptors (Lipinski definition) is 3. The molecule has 4 rings (SSSR count). The molecule has 27 heavy (non-hydrogen) atoms. The van der Waals surface area contributed by atoms with Gasteiger partial charge in [0.2, 0.25) is 0 Å². The van der Waals surface area contributed by atoms with Crippen molar-refractivity contribution in [3.8, 4) is 6.07 Å². The molecule has 4 nitrogen and oxygen atoms in total. The quantitative estimate of drug-likeness (QED) is 0.707. The summed E-state index contributed by atoms with van der Waals surface area (Å²) in [7, 11) is 0. The molecule has 6 heteroatoms. The number of halogens is 2. The predicted molar refractivity (Wildman–Crippen MR) is 98.2 cm³/mol. The van der Waals surface area contributed by atoms with E-state index in [2.05, 4.69) is 21.7 Å². The Labute approximate surface area is 156 Å². The van der Waals surface area contributed by atoms with Gasteiger partial charge in [-0.25, -0.2) is 13.8 Å². The first-order valence-electron chi connectivity index (χ1n) is 8.86. The SMILES string of the molecule is N#Cc1cc(F)c(N2CCc3c(ncn3CCc3ccccc3)C2)c(F)c1. The molecule has 0 atom stereocenters. The van der Waals surface area contributed by atoms with Gasteiger partial charge in [0.15, 0.2) is 11.6 Å². The highest BCUT2D eigenvalue weighted by atomic mass is 19.1. The summed E-state index contributed by atoms with van der Waals surface area (Å²) in [5.74, 6) is -1.42. The highest BCUT2D eigenvalue weighted by Crippen LogP contribution is 2.29. The van der Waals surface area contributed by atoms with E-state index in [0.717, 1.165) is 36.5 Å². The summed E-state index contributed by atoms with van der Waals surface area (Å²) in [6.07, 6.45) is 3.39. The van der Waals surface area contributed by atoms with Crippen molar-refractivity contribution in [2.75, 3.05) is 11.4 Å². The normalized spacial score (nSPS) is 13.3. The highest BCUT2D eigenvalue weighted by Gasteiger charge is 2.25. The summed E-state index contributed by atoms with van der Waals surface area (Å²) in [6.45, 7) is 1.68. The second-order valence-corrected chi connectivity index (χ2v) is 6.64. The van der Waals surface area contributed by atoms with E-state index >= 15 is 0 Å². The van der Waals surface area contributed by atoms with Gasteiger partial charge in [-0.3, -0.25) is 0 Å². The van der Waals surface area contributed by atoms with Crippen LogP contribution in [0, 0.1) is 23.0 Å². The predicted octanol–water partition coefficient (Wildman–Crippen LogP) is 3.84. The van der Waals surface area contributed by atoms with E-state index in [9.17, 15) is 8.78 Å². The molecule has 1 aromatic heterocycles. The van der Waals surface area contributed by atoms with E-state index < -0.39 is 11.6 Å². The maximum absolute atomic E-state index is 14.3. The third-order valence-electron chi connectivity index (χ3n) is 4.94. The van der Waals surface area contributed by atoms with Gasteiger partial charge in [-0.2, -0.15) is 5.26 Å². The van der Waals surface area contributed by atoms with Crippen LogP contribution in [0.4, 0.5) is 14.5 Å². The zero-order chi connectivity index (χ0) is 18.8. The number of anilines is 1. The van der Waals surface area contributed by atoms with Crippen LogP contribution in [0.2, 0.25) is 0 Å². The molecule has 0 bridgehead atoms. The lowest BCUT2D eigenvalue weighted by Gasteiger charge is -2.29. The molecule has 2 aromatic carbocycles. The van der Waals surface area contributed by atoms with Crippen molar-refractivity contribution in [3.05, 3.63) is 82.9 Å². The lowest BCUT2D eigenvalue weighted by molar-refractivity contribution is 0.556. The summed E-state index contributed by atoms with van der Waals surface area (Å²) >= 11 is 0. The van der Waals surface area contributed by atoms with E-state index in [-0.39, 0.29) is 11.3 Å². The molecule has 0 aliphatic carbocycles. The number of aryl methyl sites for hydroxylation is 2. The van der Waals surface area contributed by atoms with Crippen molar-refractivity contribution in [2.45, 2.75) is 25.9 Å². The van der Waals surface area contributed by atoms with Gasteiger partial charge in [-0.05, 0) is 24.1 Å². The number of aromatic nitrogens is 2. The lowest BCUT2D eigenvalue weighted by Crippen LogP contribution is -2.32. The van der Waals surface area contributed by atoms with Crippen LogP contribution < -0.4 is 4.90 Å². The molecule has 0 spiro atoms. The fourth-order valence-electron chi connectivity index (χ4n) is 3.58. The highest BCUT2D eigenvalue weighted by molar-refractivity contribution is 5.53. The fourth-order valence-corrected chi connectivity index (χ4v) is 3.58. The zero-order valence-electron chi connectivity index (χ0n) is 14.7. The molecule has 1 aliphatic rings. The molecule has 2 heterocycles. The van der Waals surface area contributed by atoms with Crippen molar-refractivity contribution in [1.29, 1.82) is 5.26 Å². The third kappa shape index (κ3) is 3.41. The minimum absolute atomic E-state index is 0.0170. The molecule has 0 radical (unpaired) electrons. The molecule has 136 valence electrons. The van der Waals surface area contributed by atoms with E-state index in [1.54, 1.807) is 11.0 Å². The molecule has 0 saturated carbocycles. The number of benzene rings is 2. The number of fused-ring (bicyclic) bond motifs is 1. The van der Waals surface area contributed by atoms with Gasteiger partial charge < -0.3 is 9.47 Å². The Kier molecular flexibility index (Phi) is 4.59. The van der Waals surface area contributed by atoms with Gasteiger partial charge in [0.25, 0.3) is 0 Å². The van der Waals surface area contributed by atoms with Crippen LogP contribution in [0.15, 0.2) is 48.8 Å². The summed E-state index contributed by atoms with van der Waals surface area (Å²) in [5, 5.41) is 8.84. The number of nitriles is 1. The Hall–Kier alpha value is -3.20. The minimum atomic E-state index is -0.710. The maximum Gasteiger partial charge on any atom is 0.150 e. The van der Waals surface area contributed by atoms with Crippen molar-refractivity contribution in [2.24, 2.45) is 0 Å². The first-order valence-corrected chi connectivity index (χ1v) is 8.86. The Morgan fingerprint density at radius 3 is 2.56 bits per heavy atom. The monoisotopic (exact) mass is 364 g/mol. The largest absolute Gasteiger partial charge is 0.360 e. The van der Waals surface area contributed by atoms with Crippen molar-refractivity contribution in [1.82, 2.24) is 9.55 Å². The summed E-state index contributed by atoms with van der Waals surface area (Å²) in [5.41, 5.74) is 3.13. The molecule has 0 saturated heterocycles. The van der Waals surface area contributed by atoms with Crippen molar-refractivity contribution < 1.29 is 8.78 Å². The second-order valence-electron chi connectivity index (χ2n) is 6.64. The molecule has 0 fully saturated rings. The van der Waals surface area contributed by atoms with Gasteiger partial charge in [0.1, 0.15) is 5.69 Å². The molecular weight excluding hydrogens is 346 g/mol. The Bertz CT molecular complexity index is 982. The molecule has 3 aromatic rings. The van der Waals surface area contributed by atoms with E-state index in [1.165, 1.54) is 5.56 Å². The van der Waals surface area contributed by atoms with Gasteiger partial charge in [0.05, 0.1) is 30.2 Å². The smallest absolute Gasteiger partial charge is 0.150 e. The average Bonchev–Trinajstić information content (AvgIpc) is 3.09. The first-order chi connectivity index (χ1) is 13.2. The van der Waals surface area contributed by atoms with Crippen LogP contribution in [0.5, 0.6) is 0 Å². The van der Waals surface area contributed by atoms with Crippen molar-refractivity contribution >= 4 is 5.69 Å². The van der Waals surface area contributed by atoms with Crippen LogP contribution in [-0.2, 0) is 25.9 Å². The number of imidazole rings is 1. The van der Waals surface area contributed by atoms with E-state index in [0.29, 0.717) is 19.5 Å². The Morgan fingerprint density at radius 1 is 1.11 bits per heavy atom.